The van der Waals surface area contributed by atoms with Gasteiger partial charge in [-0.05, 0) is 23.0 Å². The molecular weight excluding hydrogens is 263 g/mol. The van der Waals surface area contributed by atoms with Crippen LogP contribution in [0.15, 0.2) is 18.3 Å². The van der Waals surface area contributed by atoms with Crippen LogP contribution in [0.25, 0.3) is 0 Å². The lowest BCUT2D eigenvalue weighted by Gasteiger charge is -2.51. The lowest BCUT2D eigenvalue weighted by atomic mass is 9.53. The summed E-state index contributed by atoms with van der Waals surface area (Å²) in [7, 11) is 0. The van der Waals surface area contributed by atoms with Crippen molar-refractivity contribution in [2.45, 2.75) is 60.1 Å². The molecule has 0 fully saturated rings. The largest absolute Gasteiger partial charge is 0.417 e. The average molecular weight is 287 g/mol. The molecule has 0 atom stereocenters. The second-order valence-electron chi connectivity index (χ2n) is 7.55. The number of hydrogen-bond donors (Lipinski definition) is 0. The molecule has 1 aromatic rings. The second kappa shape index (κ2) is 4.74. The minimum atomic E-state index is -4.34. The van der Waals surface area contributed by atoms with Gasteiger partial charge in [-0.1, -0.05) is 48.5 Å². The first kappa shape index (κ1) is 17.0. The summed E-state index contributed by atoms with van der Waals surface area (Å²) < 4.78 is 37.9. The van der Waals surface area contributed by atoms with Crippen LogP contribution in [0.2, 0.25) is 0 Å². The minimum absolute atomic E-state index is 0.127. The molecule has 0 aliphatic rings. The first-order chi connectivity index (χ1) is 8.71. The van der Waals surface area contributed by atoms with Gasteiger partial charge >= 0.3 is 6.18 Å². The van der Waals surface area contributed by atoms with Crippen LogP contribution in [0.4, 0.5) is 13.2 Å². The van der Waals surface area contributed by atoms with Gasteiger partial charge in [-0.25, -0.2) is 0 Å². The Kier molecular flexibility index (Phi) is 4.03. The maximum Gasteiger partial charge on any atom is 0.417 e. The molecule has 0 bridgehead atoms. The van der Waals surface area contributed by atoms with Crippen molar-refractivity contribution in [1.82, 2.24) is 4.98 Å². The van der Waals surface area contributed by atoms with Crippen LogP contribution >= 0.6 is 0 Å². The third-order valence-corrected chi connectivity index (χ3v) is 4.60. The third-order valence-electron chi connectivity index (χ3n) is 4.60. The molecule has 0 aromatic carbocycles. The summed E-state index contributed by atoms with van der Waals surface area (Å²) in [6, 6.07) is 2.64. The molecule has 0 aliphatic heterocycles. The van der Waals surface area contributed by atoms with Crippen molar-refractivity contribution in [2.75, 3.05) is 0 Å². The van der Waals surface area contributed by atoms with Crippen molar-refractivity contribution in [3.63, 3.8) is 0 Å². The van der Waals surface area contributed by atoms with Gasteiger partial charge in [0.1, 0.15) is 0 Å². The summed E-state index contributed by atoms with van der Waals surface area (Å²) in [6.07, 6.45) is -3.41. The van der Waals surface area contributed by atoms with Crippen LogP contribution in [-0.2, 0) is 11.6 Å². The van der Waals surface area contributed by atoms with Crippen molar-refractivity contribution < 1.29 is 13.2 Å². The molecule has 1 nitrogen and oxygen atoms in total. The Morgan fingerprint density at radius 2 is 1.25 bits per heavy atom. The standard InChI is InChI=1S/C16H24F3N/c1-13(2,3)15(7,14(4,5)6)12-9-8-11(10-20-12)16(17,18)19/h8-10H,1-7H3. The number of aromatic nitrogens is 1. The highest BCUT2D eigenvalue weighted by Gasteiger charge is 2.49. The molecule has 0 unspecified atom stereocenters. The van der Waals surface area contributed by atoms with Gasteiger partial charge in [0.25, 0.3) is 0 Å². The van der Waals surface area contributed by atoms with Gasteiger partial charge in [-0.2, -0.15) is 13.2 Å². The maximum atomic E-state index is 12.6. The molecule has 1 heterocycles. The number of halogens is 3. The highest BCUT2D eigenvalue weighted by atomic mass is 19.4. The third kappa shape index (κ3) is 2.84. The number of rotatable bonds is 1. The topological polar surface area (TPSA) is 12.9 Å². The summed E-state index contributed by atoms with van der Waals surface area (Å²) >= 11 is 0. The second-order valence-corrected chi connectivity index (χ2v) is 7.55. The molecule has 0 N–H and O–H groups in total. The molecule has 0 radical (unpaired) electrons. The Bertz CT molecular complexity index is 444. The SMILES string of the molecule is CC(C)(C)C(C)(c1ccc(C(F)(F)F)cn1)C(C)(C)C. The Morgan fingerprint density at radius 1 is 0.800 bits per heavy atom. The van der Waals surface area contributed by atoms with E-state index in [1.54, 1.807) is 0 Å². The number of nitrogens with zero attached hydrogens (tertiary/aromatic N) is 1. The van der Waals surface area contributed by atoms with E-state index < -0.39 is 11.7 Å². The Hall–Kier alpha value is -1.06. The quantitative estimate of drug-likeness (QED) is 0.669. The van der Waals surface area contributed by atoms with Crippen LogP contribution < -0.4 is 0 Å². The summed E-state index contributed by atoms with van der Waals surface area (Å²) in [5.74, 6) is 0. The summed E-state index contributed by atoms with van der Waals surface area (Å²) in [5.41, 5.74) is -0.600. The fourth-order valence-electron chi connectivity index (χ4n) is 2.75. The van der Waals surface area contributed by atoms with E-state index in [4.69, 9.17) is 0 Å². The highest BCUT2D eigenvalue weighted by Crippen LogP contribution is 2.52. The first-order valence-corrected chi connectivity index (χ1v) is 6.75. The average Bonchev–Trinajstić information content (AvgIpc) is 2.24. The molecule has 1 rings (SSSR count). The zero-order valence-corrected chi connectivity index (χ0v) is 13.3. The van der Waals surface area contributed by atoms with Crippen molar-refractivity contribution in [3.05, 3.63) is 29.6 Å². The van der Waals surface area contributed by atoms with Gasteiger partial charge in [0.2, 0.25) is 0 Å². The fourth-order valence-corrected chi connectivity index (χ4v) is 2.75. The molecule has 0 spiro atoms. The number of alkyl halides is 3. The maximum absolute atomic E-state index is 12.6. The zero-order chi connectivity index (χ0) is 16.0. The van der Waals surface area contributed by atoms with E-state index in [-0.39, 0.29) is 16.2 Å². The van der Waals surface area contributed by atoms with Crippen LogP contribution in [0.3, 0.4) is 0 Å². The van der Waals surface area contributed by atoms with Crippen LogP contribution in [0.1, 0.15) is 59.7 Å². The summed E-state index contributed by atoms with van der Waals surface area (Å²) in [4.78, 5) is 4.13. The molecule has 0 saturated carbocycles. The zero-order valence-electron chi connectivity index (χ0n) is 13.3. The molecule has 4 heteroatoms. The number of pyridine rings is 1. The molecule has 0 saturated heterocycles. The van der Waals surface area contributed by atoms with Crippen molar-refractivity contribution in [2.24, 2.45) is 10.8 Å². The molecule has 20 heavy (non-hydrogen) atoms. The predicted octanol–water partition coefficient (Wildman–Crippen LogP) is 5.45. The Labute approximate surface area is 119 Å². The van der Waals surface area contributed by atoms with Gasteiger partial charge in [0.05, 0.1) is 5.56 Å². The van der Waals surface area contributed by atoms with E-state index >= 15 is 0 Å². The van der Waals surface area contributed by atoms with Crippen LogP contribution in [-0.4, -0.2) is 4.98 Å². The lowest BCUT2D eigenvalue weighted by Crippen LogP contribution is -2.48. The van der Waals surface area contributed by atoms with E-state index in [9.17, 15) is 13.2 Å². The van der Waals surface area contributed by atoms with E-state index in [0.29, 0.717) is 5.69 Å². The predicted molar refractivity (Wildman–Crippen MR) is 75.5 cm³/mol. The van der Waals surface area contributed by atoms with Crippen molar-refractivity contribution in [1.29, 1.82) is 0 Å². The summed E-state index contributed by atoms with van der Waals surface area (Å²) in [5, 5.41) is 0. The van der Waals surface area contributed by atoms with E-state index in [1.165, 1.54) is 6.07 Å². The molecule has 114 valence electrons. The lowest BCUT2D eigenvalue weighted by molar-refractivity contribution is -0.137. The van der Waals surface area contributed by atoms with Crippen LogP contribution in [0, 0.1) is 10.8 Å². The van der Waals surface area contributed by atoms with Gasteiger partial charge in [0.15, 0.2) is 0 Å². The normalized spacial score (nSPS) is 14.5. The summed E-state index contributed by atoms with van der Waals surface area (Å²) in [6.45, 7) is 14.6. The Morgan fingerprint density at radius 3 is 1.50 bits per heavy atom. The fraction of sp³-hybridized carbons (Fsp3) is 0.688. The van der Waals surface area contributed by atoms with Gasteiger partial charge in [-0.15, -0.1) is 0 Å². The van der Waals surface area contributed by atoms with E-state index in [2.05, 4.69) is 53.5 Å². The minimum Gasteiger partial charge on any atom is -0.260 e. The molecular formula is C16H24F3N. The van der Waals surface area contributed by atoms with E-state index in [0.717, 1.165) is 12.3 Å². The van der Waals surface area contributed by atoms with Crippen molar-refractivity contribution in [3.8, 4) is 0 Å². The smallest absolute Gasteiger partial charge is 0.260 e. The monoisotopic (exact) mass is 287 g/mol. The molecule has 0 amide bonds. The van der Waals surface area contributed by atoms with Gasteiger partial charge < -0.3 is 0 Å². The van der Waals surface area contributed by atoms with Gasteiger partial charge in [0, 0.05) is 17.3 Å². The first-order valence-electron chi connectivity index (χ1n) is 6.75. The van der Waals surface area contributed by atoms with Gasteiger partial charge in [-0.3, -0.25) is 4.98 Å². The van der Waals surface area contributed by atoms with Crippen molar-refractivity contribution >= 4 is 0 Å². The molecule has 0 aliphatic carbocycles. The van der Waals surface area contributed by atoms with E-state index in [1.807, 2.05) is 0 Å². The Balaban J connectivity index is 3.39. The molecule has 1 aromatic heterocycles. The van der Waals surface area contributed by atoms with Crippen LogP contribution in [0.5, 0.6) is 0 Å². The number of hydrogen-bond acceptors (Lipinski definition) is 1. The highest BCUT2D eigenvalue weighted by molar-refractivity contribution is 5.26.